The van der Waals surface area contributed by atoms with Crippen LogP contribution >= 0.6 is 0 Å². The summed E-state index contributed by atoms with van der Waals surface area (Å²) in [5, 5.41) is 0. The Kier molecular flexibility index (Phi) is 4.78. The van der Waals surface area contributed by atoms with E-state index in [1.54, 1.807) is 42.5 Å². The van der Waals surface area contributed by atoms with Gasteiger partial charge in [-0.3, -0.25) is 4.79 Å². The number of sulfonamides is 1. The molecule has 1 heterocycles. The largest absolute Gasteiger partial charge is 0.496 e. The first-order valence-electron chi connectivity index (χ1n) is 8.02. The fourth-order valence-electron chi connectivity index (χ4n) is 2.96. The van der Waals surface area contributed by atoms with Crippen molar-refractivity contribution in [2.24, 2.45) is 5.73 Å². The van der Waals surface area contributed by atoms with Crippen molar-refractivity contribution in [1.82, 2.24) is 4.31 Å². The summed E-state index contributed by atoms with van der Waals surface area (Å²) in [6, 6.07) is 11.5. The zero-order chi connectivity index (χ0) is 18.0. The molecule has 3 rings (SSSR count). The van der Waals surface area contributed by atoms with Crippen molar-refractivity contribution in [2.45, 2.75) is 17.7 Å². The van der Waals surface area contributed by atoms with Crippen molar-refractivity contribution in [3.05, 3.63) is 48.0 Å². The second-order valence-corrected chi connectivity index (χ2v) is 7.85. The molecular weight excluding hydrogens is 340 g/mol. The minimum Gasteiger partial charge on any atom is -0.496 e. The predicted molar refractivity (Wildman–Crippen MR) is 94.9 cm³/mol. The summed E-state index contributed by atoms with van der Waals surface area (Å²) < 4.78 is 32.4. The highest BCUT2D eigenvalue weighted by atomic mass is 32.2. The van der Waals surface area contributed by atoms with E-state index < -0.39 is 15.9 Å². The van der Waals surface area contributed by atoms with Crippen LogP contribution in [0.15, 0.2) is 47.4 Å². The van der Waals surface area contributed by atoms with E-state index in [2.05, 4.69) is 0 Å². The molecule has 1 saturated heterocycles. The minimum atomic E-state index is -3.51. The molecule has 132 valence electrons. The van der Waals surface area contributed by atoms with Gasteiger partial charge in [0.1, 0.15) is 5.75 Å². The number of nitrogens with two attached hydrogens (primary N) is 1. The van der Waals surface area contributed by atoms with E-state index in [0.29, 0.717) is 30.0 Å². The second-order valence-electron chi connectivity index (χ2n) is 5.91. The van der Waals surface area contributed by atoms with E-state index in [1.807, 2.05) is 0 Å². The van der Waals surface area contributed by atoms with Gasteiger partial charge < -0.3 is 10.5 Å². The first kappa shape index (κ1) is 17.4. The van der Waals surface area contributed by atoms with Gasteiger partial charge in [0.2, 0.25) is 15.9 Å². The number of methoxy groups -OCH3 is 1. The van der Waals surface area contributed by atoms with E-state index >= 15 is 0 Å². The van der Waals surface area contributed by atoms with E-state index in [9.17, 15) is 13.2 Å². The number of ether oxygens (including phenoxy) is 1. The highest BCUT2D eigenvalue weighted by Crippen LogP contribution is 2.33. The number of hydrogen-bond donors (Lipinski definition) is 1. The highest BCUT2D eigenvalue weighted by Gasteiger charge is 2.28. The molecule has 0 saturated carbocycles. The number of benzene rings is 2. The van der Waals surface area contributed by atoms with Crippen LogP contribution in [0.1, 0.15) is 23.2 Å². The molecule has 0 aromatic heterocycles. The molecule has 7 heteroatoms. The normalized spacial score (nSPS) is 15.2. The summed E-state index contributed by atoms with van der Waals surface area (Å²) in [5.41, 5.74) is 7.06. The molecule has 0 aliphatic carbocycles. The molecule has 1 aliphatic heterocycles. The Morgan fingerprint density at radius 3 is 2.28 bits per heavy atom. The lowest BCUT2D eigenvalue weighted by atomic mass is 10.0. The van der Waals surface area contributed by atoms with Crippen LogP contribution in [-0.4, -0.2) is 38.8 Å². The van der Waals surface area contributed by atoms with Gasteiger partial charge in [0.25, 0.3) is 0 Å². The summed E-state index contributed by atoms with van der Waals surface area (Å²) in [6.45, 7) is 1.11. The molecule has 1 fully saturated rings. The van der Waals surface area contributed by atoms with Gasteiger partial charge in [0.15, 0.2) is 0 Å². The van der Waals surface area contributed by atoms with Crippen LogP contribution in [0, 0.1) is 0 Å². The van der Waals surface area contributed by atoms with Gasteiger partial charge in [-0.05, 0) is 48.7 Å². The third-order valence-corrected chi connectivity index (χ3v) is 6.25. The number of hydrogen-bond acceptors (Lipinski definition) is 4. The molecule has 6 nitrogen and oxygen atoms in total. The van der Waals surface area contributed by atoms with Crippen molar-refractivity contribution in [3.63, 3.8) is 0 Å². The van der Waals surface area contributed by atoms with Crippen LogP contribution in [0.4, 0.5) is 0 Å². The number of carbonyl (C=O) groups is 1. The van der Waals surface area contributed by atoms with Gasteiger partial charge in [0, 0.05) is 24.2 Å². The molecule has 25 heavy (non-hydrogen) atoms. The lowest BCUT2D eigenvalue weighted by Gasteiger charge is -2.17. The third-order valence-electron chi connectivity index (χ3n) is 4.35. The van der Waals surface area contributed by atoms with E-state index in [4.69, 9.17) is 10.5 Å². The van der Waals surface area contributed by atoms with Crippen molar-refractivity contribution in [3.8, 4) is 16.9 Å². The van der Waals surface area contributed by atoms with Crippen molar-refractivity contribution < 1.29 is 17.9 Å². The molecule has 0 unspecified atom stereocenters. The van der Waals surface area contributed by atoms with Crippen LogP contribution < -0.4 is 10.5 Å². The van der Waals surface area contributed by atoms with Gasteiger partial charge in [-0.2, -0.15) is 4.31 Å². The Morgan fingerprint density at radius 1 is 1.08 bits per heavy atom. The molecule has 1 amide bonds. The Balaban J connectivity index is 2.05. The summed E-state index contributed by atoms with van der Waals surface area (Å²) in [7, 11) is -1.98. The Labute approximate surface area is 147 Å². The van der Waals surface area contributed by atoms with Crippen molar-refractivity contribution >= 4 is 15.9 Å². The fourth-order valence-corrected chi connectivity index (χ4v) is 4.51. The summed E-state index contributed by atoms with van der Waals surface area (Å²) >= 11 is 0. The van der Waals surface area contributed by atoms with Crippen LogP contribution in [0.2, 0.25) is 0 Å². The Morgan fingerprint density at radius 2 is 1.72 bits per heavy atom. The van der Waals surface area contributed by atoms with Gasteiger partial charge in [-0.25, -0.2) is 8.42 Å². The van der Waals surface area contributed by atoms with Gasteiger partial charge in [0.05, 0.1) is 12.0 Å². The SMILES string of the molecule is COc1ccc(S(=O)(=O)N2CCCC2)cc1-c1ccc(C(N)=O)cc1. The topological polar surface area (TPSA) is 89.7 Å². The second kappa shape index (κ2) is 6.85. The fraction of sp³-hybridized carbons (Fsp3) is 0.278. The molecule has 2 aromatic rings. The number of carbonyl (C=O) groups excluding carboxylic acids is 1. The average Bonchev–Trinajstić information content (AvgIpc) is 3.16. The van der Waals surface area contributed by atoms with Gasteiger partial charge in [-0.1, -0.05) is 12.1 Å². The number of amides is 1. The lowest BCUT2D eigenvalue weighted by Crippen LogP contribution is -2.27. The zero-order valence-electron chi connectivity index (χ0n) is 13.9. The molecule has 2 N–H and O–H groups in total. The zero-order valence-corrected chi connectivity index (χ0v) is 14.8. The summed E-state index contributed by atoms with van der Waals surface area (Å²) in [4.78, 5) is 11.5. The Hall–Kier alpha value is -2.38. The van der Waals surface area contributed by atoms with Gasteiger partial charge >= 0.3 is 0 Å². The molecular formula is C18H20N2O4S. The van der Waals surface area contributed by atoms with E-state index in [0.717, 1.165) is 18.4 Å². The van der Waals surface area contributed by atoms with Crippen molar-refractivity contribution in [1.29, 1.82) is 0 Å². The molecule has 1 aliphatic rings. The maximum atomic E-state index is 12.8. The minimum absolute atomic E-state index is 0.240. The maximum absolute atomic E-state index is 12.8. The molecule has 2 aromatic carbocycles. The average molecular weight is 360 g/mol. The van der Waals surface area contributed by atoms with E-state index in [-0.39, 0.29) is 4.90 Å². The Bertz CT molecular complexity index is 886. The highest BCUT2D eigenvalue weighted by molar-refractivity contribution is 7.89. The third kappa shape index (κ3) is 3.38. The van der Waals surface area contributed by atoms with Gasteiger partial charge in [-0.15, -0.1) is 0 Å². The number of primary amides is 1. The molecule has 0 atom stereocenters. The number of nitrogens with zero attached hydrogens (tertiary/aromatic N) is 1. The van der Waals surface area contributed by atoms with Crippen LogP contribution in [-0.2, 0) is 10.0 Å². The number of rotatable bonds is 5. The van der Waals surface area contributed by atoms with Crippen LogP contribution in [0.3, 0.4) is 0 Å². The maximum Gasteiger partial charge on any atom is 0.248 e. The molecule has 0 bridgehead atoms. The predicted octanol–water partition coefficient (Wildman–Crippen LogP) is 2.25. The van der Waals surface area contributed by atoms with E-state index in [1.165, 1.54) is 11.4 Å². The monoisotopic (exact) mass is 360 g/mol. The molecule has 0 radical (unpaired) electrons. The first-order chi connectivity index (χ1) is 11.9. The quantitative estimate of drug-likeness (QED) is 0.885. The molecule has 0 spiro atoms. The lowest BCUT2D eigenvalue weighted by molar-refractivity contribution is 0.100. The summed E-state index contributed by atoms with van der Waals surface area (Å²) in [6.07, 6.45) is 1.77. The van der Waals surface area contributed by atoms with Crippen LogP contribution in [0.5, 0.6) is 5.75 Å². The summed E-state index contributed by atoms with van der Waals surface area (Å²) in [5.74, 6) is 0.0519. The van der Waals surface area contributed by atoms with Crippen molar-refractivity contribution in [2.75, 3.05) is 20.2 Å². The first-order valence-corrected chi connectivity index (χ1v) is 9.46. The smallest absolute Gasteiger partial charge is 0.248 e. The standard InChI is InChI=1S/C18H20N2O4S/c1-24-17-9-8-15(25(22,23)20-10-2-3-11-20)12-16(17)13-4-6-14(7-5-13)18(19)21/h4-9,12H,2-3,10-11H2,1H3,(H2,19,21). The van der Waals surface area contributed by atoms with Crippen LogP contribution in [0.25, 0.3) is 11.1 Å².